The molecule has 1 aliphatic carbocycles. The molecule has 0 radical (unpaired) electrons. The lowest BCUT2D eigenvalue weighted by molar-refractivity contribution is 0.0148. The largest absolute Gasteiger partial charge is 0.496 e. The topological polar surface area (TPSA) is 35.2 Å². The van der Waals surface area contributed by atoms with Crippen molar-refractivity contribution in [3.8, 4) is 5.75 Å². The summed E-state index contributed by atoms with van der Waals surface area (Å²) < 4.78 is 32.6. The van der Waals surface area contributed by atoms with Crippen LogP contribution in [0.3, 0.4) is 0 Å². The van der Waals surface area contributed by atoms with E-state index < -0.39 is 5.92 Å². The number of benzene rings is 1. The van der Waals surface area contributed by atoms with E-state index in [4.69, 9.17) is 10.5 Å². The lowest BCUT2D eigenvalue weighted by Gasteiger charge is -2.23. The van der Waals surface area contributed by atoms with Gasteiger partial charge in [0.15, 0.2) is 0 Å². The van der Waals surface area contributed by atoms with Crippen LogP contribution in [0.15, 0.2) is 12.1 Å². The Hall–Kier alpha value is -1.16. The van der Waals surface area contributed by atoms with E-state index in [1.807, 2.05) is 13.0 Å². The molecule has 0 atom stereocenters. The lowest BCUT2D eigenvalue weighted by atomic mass is 9.90. The maximum atomic E-state index is 13.7. The van der Waals surface area contributed by atoms with Gasteiger partial charge < -0.3 is 10.5 Å². The van der Waals surface area contributed by atoms with E-state index in [9.17, 15) is 8.78 Å². The summed E-state index contributed by atoms with van der Waals surface area (Å²) in [7, 11) is 1.44. The van der Waals surface area contributed by atoms with Crippen LogP contribution in [0.1, 0.15) is 36.5 Å². The summed E-state index contributed by atoms with van der Waals surface area (Å²) >= 11 is 0. The molecule has 1 fully saturated rings. The fourth-order valence-corrected chi connectivity index (χ4v) is 2.45. The number of hydrogen-bond donors (Lipinski definition) is 1. The van der Waals surface area contributed by atoms with Crippen molar-refractivity contribution in [3.05, 3.63) is 28.8 Å². The van der Waals surface area contributed by atoms with Gasteiger partial charge in [-0.2, -0.15) is 0 Å². The molecule has 0 unspecified atom stereocenters. The van der Waals surface area contributed by atoms with Crippen LogP contribution < -0.4 is 10.5 Å². The number of halogens is 2. The normalized spacial score (nSPS) is 17.7. The molecule has 18 heavy (non-hydrogen) atoms. The first-order valence-electron chi connectivity index (χ1n) is 6.11. The van der Waals surface area contributed by atoms with Crippen LogP contribution in [0.25, 0.3) is 0 Å². The second-order valence-corrected chi connectivity index (χ2v) is 5.27. The molecule has 4 heteroatoms. The van der Waals surface area contributed by atoms with Gasteiger partial charge >= 0.3 is 0 Å². The minimum atomic E-state index is -2.91. The van der Waals surface area contributed by atoms with Crippen LogP contribution in [0.2, 0.25) is 0 Å². The molecule has 0 spiro atoms. The van der Waals surface area contributed by atoms with Gasteiger partial charge in [0.1, 0.15) is 5.75 Å². The summed E-state index contributed by atoms with van der Waals surface area (Å²) in [5.41, 5.74) is 7.25. The Morgan fingerprint density at radius 1 is 1.39 bits per heavy atom. The SMILES string of the molecule is COc1c(C(C)(F)F)cc(C)cc1C1(CN)CC1. The third-order valence-corrected chi connectivity index (χ3v) is 3.73. The van der Waals surface area contributed by atoms with Gasteiger partial charge in [-0.1, -0.05) is 11.6 Å². The van der Waals surface area contributed by atoms with Gasteiger partial charge in [0, 0.05) is 24.4 Å². The van der Waals surface area contributed by atoms with Crippen molar-refractivity contribution in [3.63, 3.8) is 0 Å². The van der Waals surface area contributed by atoms with Crippen molar-refractivity contribution < 1.29 is 13.5 Å². The van der Waals surface area contributed by atoms with Gasteiger partial charge in [-0.05, 0) is 25.8 Å². The Morgan fingerprint density at radius 3 is 2.39 bits per heavy atom. The lowest BCUT2D eigenvalue weighted by Crippen LogP contribution is -2.22. The third-order valence-electron chi connectivity index (χ3n) is 3.73. The highest BCUT2D eigenvalue weighted by Crippen LogP contribution is 2.53. The summed E-state index contributed by atoms with van der Waals surface area (Å²) in [5, 5.41) is 0. The van der Waals surface area contributed by atoms with Crippen LogP contribution >= 0.6 is 0 Å². The third kappa shape index (κ3) is 2.09. The Morgan fingerprint density at radius 2 is 2.00 bits per heavy atom. The summed E-state index contributed by atoms with van der Waals surface area (Å²) in [6, 6.07) is 3.42. The Bertz CT molecular complexity index is 462. The molecule has 2 nitrogen and oxygen atoms in total. The average Bonchev–Trinajstić information content (AvgIpc) is 3.07. The van der Waals surface area contributed by atoms with E-state index in [1.165, 1.54) is 13.2 Å². The highest BCUT2D eigenvalue weighted by atomic mass is 19.3. The molecule has 0 saturated heterocycles. The second-order valence-electron chi connectivity index (χ2n) is 5.27. The van der Waals surface area contributed by atoms with Gasteiger partial charge in [0.25, 0.3) is 5.92 Å². The van der Waals surface area contributed by atoms with Crippen molar-refractivity contribution in [1.82, 2.24) is 0 Å². The van der Waals surface area contributed by atoms with Gasteiger partial charge in [-0.3, -0.25) is 0 Å². The zero-order valence-corrected chi connectivity index (χ0v) is 11.0. The quantitative estimate of drug-likeness (QED) is 0.897. The first-order valence-corrected chi connectivity index (χ1v) is 6.11. The van der Waals surface area contributed by atoms with Gasteiger partial charge in [-0.25, -0.2) is 8.78 Å². The summed E-state index contributed by atoms with van der Waals surface area (Å²) in [5.74, 6) is -2.60. The van der Waals surface area contributed by atoms with Crippen LogP contribution in [-0.2, 0) is 11.3 Å². The molecule has 2 N–H and O–H groups in total. The molecule has 0 aromatic heterocycles. The molecule has 1 aromatic carbocycles. The fraction of sp³-hybridized carbons (Fsp3) is 0.571. The van der Waals surface area contributed by atoms with E-state index in [0.717, 1.165) is 30.9 Å². The molecule has 1 saturated carbocycles. The Kier molecular flexibility index (Phi) is 3.09. The van der Waals surface area contributed by atoms with Gasteiger partial charge in [-0.15, -0.1) is 0 Å². The second kappa shape index (κ2) is 4.19. The molecule has 0 amide bonds. The first kappa shape index (κ1) is 13.3. The number of hydrogen-bond acceptors (Lipinski definition) is 2. The molecular formula is C14H19F2NO. The highest BCUT2D eigenvalue weighted by molar-refractivity contribution is 5.52. The minimum Gasteiger partial charge on any atom is -0.496 e. The number of rotatable bonds is 4. The van der Waals surface area contributed by atoms with Crippen LogP contribution in [0, 0.1) is 6.92 Å². The zero-order chi connectivity index (χ0) is 13.6. The van der Waals surface area contributed by atoms with Gasteiger partial charge in [0.05, 0.1) is 12.7 Å². The number of nitrogens with two attached hydrogens (primary N) is 1. The predicted octanol–water partition coefficient (Wildman–Crippen LogP) is 3.11. The predicted molar refractivity (Wildman–Crippen MR) is 67.3 cm³/mol. The van der Waals surface area contributed by atoms with Crippen molar-refractivity contribution in [1.29, 1.82) is 0 Å². The van der Waals surface area contributed by atoms with Crippen molar-refractivity contribution in [2.75, 3.05) is 13.7 Å². The zero-order valence-electron chi connectivity index (χ0n) is 11.0. The fourth-order valence-electron chi connectivity index (χ4n) is 2.45. The molecule has 1 aliphatic rings. The van der Waals surface area contributed by atoms with E-state index in [-0.39, 0.29) is 11.0 Å². The maximum Gasteiger partial charge on any atom is 0.274 e. The van der Waals surface area contributed by atoms with E-state index in [1.54, 1.807) is 0 Å². The molecule has 0 aliphatic heterocycles. The van der Waals surface area contributed by atoms with E-state index in [0.29, 0.717) is 12.3 Å². The summed E-state index contributed by atoms with van der Waals surface area (Å²) in [4.78, 5) is 0. The number of alkyl halides is 2. The Balaban J connectivity index is 2.63. The molecular weight excluding hydrogens is 236 g/mol. The number of ether oxygens (including phenoxy) is 1. The highest BCUT2D eigenvalue weighted by Gasteiger charge is 2.46. The van der Waals surface area contributed by atoms with E-state index in [2.05, 4.69) is 0 Å². The van der Waals surface area contributed by atoms with Crippen molar-refractivity contribution >= 4 is 0 Å². The molecule has 0 heterocycles. The smallest absolute Gasteiger partial charge is 0.274 e. The van der Waals surface area contributed by atoms with Crippen LogP contribution in [0.4, 0.5) is 8.78 Å². The minimum absolute atomic E-state index is 0.0419. The van der Waals surface area contributed by atoms with Crippen molar-refractivity contribution in [2.45, 2.75) is 38.0 Å². The molecule has 100 valence electrons. The number of aryl methyl sites for hydroxylation is 1. The summed E-state index contributed by atoms with van der Waals surface area (Å²) in [6.45, 7) is 3.20. The van der Waals surface area contributed by atoms with Crippen molar-refractivity contribution in [2.24, 2.45) is 5.73 Å². The first-order chi connectivity index (χ1) is 8.34. The molecule has 1 aromatic rings. The van der Waals surface area contributed by atoms with Crippen LogP contribution in [0.5, 0.6) is 5.75 Å². The van der Waals surface area contributed by atoms with Crippen LogP contribution in [-0.4, -0.2) is 13.7 Å². The standard InChI is InChI=1S/C14H19F2NO/c1-9-6-10(13(2,15)16)12(18-3)11(7-9)14(8-17)4-5-14/h6-7H,4-5,8,17H2,1-3H3. The number of methoxy groups -OCH3 is 1. The molecule has 2 rings (SSSR count). The van der Waals surface area contributed by atoms with E-state index >= 15 is 0 Å². The summed E-state index contributed by atoms with van der Waals surface area (Å²) in [6.07, 6.45) is 1.88. The molecule has 0 bridgehead atoms. The Labute approximate surface area is 106 Å². The maximum absolute atomic E-state index is 13.7. The average molecular weight is 255 g/mol. The monoisotopic (exact) mass is 255 g/mol. The van der Waals surface area contributed by atoms with Gasteiger partial charge in [0.2, 0.25) is 0 Å².